The maximum absolute atomic E-state index is 13.0. The molecule has 0 saturated carbocycles. The highest BCUT2D eigenvalue weighted by Crippen LogP contribution is 2.36. The van der Waals surface area contributed by atoms with Gasteiger partial charge in [-0.15, -0.1) is 0 Å². The molecule has 0 unspecified atom stereocenters. The molecule has 0 spiro atoms. The number of hydrogen-bond acceptors (Lipinski definition) is 1. The minimum atomic E-state index is -4.36. The Morgan fingerprint density at radius 3 is 2.00 bits per heavy atom. The van der Waals surface area contributed by atoms with Gasteiger partial charge in [0.15, 0.2) is 0 Å². The number of rotatable bonds is 4. The molecule has 0 aliphatic rings. The van der Waals surface area contributed by atoms with Crippen molar-refractivity contribution >= 4 is 5.69 Å². The highest BCUT2D eigenvalue weighted by molar-refractivity contribution is 5.78. The lowest BCUT2D eigenvalue weighted by Crippen LogP contribution is -2.07. The number of anilines is 1. The van der Waals surface area contributed by atoms with Crippen LogP contribution in [0, 0.1) is 0 Å². The van der Waals surface area contributed by atoms with Crippen LogP contribution in [-0.2, 0) is 12.7 Å². The fraction of sp³-hybridized carbons (Fsp3) is 0.100. The lowest BCUT2D eigenvalue weighted by atomic mass is 10.0. The van der Waals surface area contributed by atoms with Crippen LogP contribution in [0.1, 0.15) is 11.1 Å². The zero-order valence-electron chi connectivity index (χ0n) is 12.8. The van der Waals surface area contributed by atoms with Gasteiger partial charge in [0.25, 0.3) is 0 Å². The third kappa shape index (κ3) is 3.77. The molecule has 0 radical (unpaired) electrons. The van der Waals surface area contributed by atoms with Gasteiger partial charge < -0.3 is 5.32 Å². The molecule has 3 aromatic carbocycles. The Kier molecular flexibility index (Phi) is 4.56. The van der Waals surface area contributed by atoms with Crippen LogP contribution in [0.15, 0.2) is 78.9 Å². The molecule has 24 heavy (non-hydrogen) atoms. The fourth-order valence-corrected chi connectivity index (χ4v) is 2.53. The average Bonchev–Trinajstić information content (AvgIpc) is 2.60. The average molecular weight is 327 g/mol. The molecular formula is C20H16F3N. The van der Waals surface area contributed by atoms with Gasteiger partial charge in [-0.1, -0.05) is 66.7 Å². The molecule has 0 atom stereocenters. The van der Waals surface area contributed by atoms with Crippen molar-refractivity contribution in [3.63, 3.8) is 0 Å². The van der Waals surface area contributed by atoms with E-state index in [1.807, 2.05) is 60.7 Å². The molecule has 0 aromatic heterocycles. The summed E-state index contributed by atoms with van der Waals surface area (Å²) in [6.45, 7) is 0.460. The zero-order valence-corrected chi connectivity index (χ0v) is 12.8. The molecule has 4 heteroatoms. The molecule has 0 aliphatic heterocycles. The molecule has 0 bridgehead atoms. The normalized spacial score (nSPS) is 11.3. The largest absolute Gasteiger partial charge is 0.416 e. The molecule has 3 aromatic rings. The summed E-state index contributed by atoms with van der Waals surface area (Å²) in [4.78, 5) is 0. The first kappa shape index (κ1) is 16.1. The molecular weight excluding hydrogens is 311 g/mol. The number of benzene rings is 3. The van der Waals surface area contributed by atoms with Crippen LogP contribution in [0.4, 0.5) is 18.9 Å². The third-order valence-corrected chi connectivity index (χ3v) is 3.76. The van der Waals surface area contributed by atoms with Crippen LogP contribution in [-0.4, -0.2) is 0 Å². The summed E-state index contributed by atoms with van der Waals surface area (Å²) in [7, 11) is 0. The van der Waals surface area contributed by atoms with Gasteiger partial charge in [-0.2, -0.15) is 13.2 Å². The minimum Gasteiger partial charge on any atom is -0.380 e. The maximum atomic E-state index is 13.0. The van der Waals surface area contributed by atoms with Gasteiger partial charge in [0, 0.05) is 17.8 Å². The molecule has 3 rings (SSSR count). The first-order chi connectivity index (χ1) is 11.5. The van der Waals surface area contributed by atoms with Crippen molar-refractivity contribution in [3.8, 4) is 11.1 Å². The van der Waals surface area contributed by atoms with Gasteiger partial charge in [0.05, 0.1) is 5.56 Å². The molecule has 0 amide bonds. The van der Waals surface area contributed by atoms with Crippen molar-refractivity contribution in [3.05, 3.63) is 90.0 Å². The van der Waals surface area contributed by atoms with Crippen LogP contribution in [0.5, 0.6) is 0 Å². The van der Waals surface area contributed by atoms with Crippen molar-refractivity contribution < 1.29 is 13.2 Å². The van der Waals surface area contributed by atoms with Crippen molar-refractivity contribution in [2.45, 2.75) is 12.7 Å². The van der Waals surface area contributed by atoms with Crippen LogP contribution < -0.4 is 5.32 Å². The Hall–Kier alpha value is -2.75. The van der Waals surface area contributed by atoms with E-state index in [9.17, 15) is 13.2 Å². The van der Waals surface area contributed by atoms with Crippen molar-refractivity contribution in [1.29, 1.82) is 0 Å². The maximum Gasteiger partial charge on any atom is 0.416 e. The topological polar surface area (TPSA) is 12.0 Å². The van der Waals surface area contributed by atoms with Gasteiger partial charge in [0.1, 0.15) is 0 Å². The predicted molar refractivity (Wildman–Crippen MR) is 90.6 cm³/mol. The van der Waals surface area contributed by atoms with Crippen LogP contribution >= 0.6 is 0 Å². The third-order valence-electron chi connectivity index (χ3n) is 3.76. The lowest BCUT2D eigenvalue weighted by Gasteiger charge is -2.16. The quantitative estimate of drug-likeness (QED) is 0.621. The van der Waals surface area contributed by atoms with E-state index >= 15 is 0 Å². The van der Waals surface area contributed by atoms with Crippen LogP contribution in [0.2, 0.25) is 0 Å². The van der Waals surface area contributed by atoms with Crippen LogP contribution in [0.3, 0.4) is 0 Å². The van der Waals surface area contributed by atoms with E-state index in [0.29, 0.717) is 12.2 Å². The highest BCUT2D eigenvalue weighted by Gasteiger charge is 2.31. The smallest absolute Gasteiger partial charge is 0.380 e. The summed E-state index contributed by atoms with van der Waals surface area (Å²) in [5.74, 6) is 0. The number of halogens is 3. The fourth-order valence-electron chi connectivity index (χ4n) is 2.53. The Morgan fingerprint density at radius 2 is 1.38 bits per heavy atom. The van der Waals surface area contributed by atoms with Gasteiger partial charge in [-0.05, 0) is 23.3 Å². The van der Waals surface area contributed by atoms with E-state index in [-0.39, 0.29) is 0 Å². The van der Waals surface area contributed by atoms with E-state index < -0.39 is 11.7 Å². The second kappa shape index (κ2) is 6.79. The zero-order chi connectivity index (χ0) is 17.0. The molecule has 122 valence electrons. The van der Waals surface area contributed by atoms with Gasteiger partial charge >= 0.3 is 6.18 Å². The Morgan fingerprint density at radius 1 is 0.750 bits per heavy atom. The standard InChI is InChI=1S/C20H16F3N/c21-20(22,23)17-11-12-18(16-9-5-2-6-10-16)19(13-17)24-14-15-7-3-1-4-8-15/h1-13,24H,14H2. The summed E-state index contributed by atoms with van der Waals surface area (Å²) < 4.78 is 39.1. The van der Waals surface area contributed by atoms with E-state index in [2.05, 4.69) is 5.32 Å². The minimum absolute atomic E-state index is 0.460. The Bertz CT molecular complexity index is 796. The van der Waals surface area contributed by atoms with Gasteiger partial charge in [-0.25, -0.2) is 0 Å². The van der Waals surface area contributed by atoms with Crippen molar-refractivity contribution in [2.75, 3.05) is 5.32 Å². The molecule has 0 aliphatic carbocycles. The van der Waals surface area contributed by atoms with Crippen molar-refractivity contribution in [1.82, 2.24) is 0 Å². The molecule has 0 saturated heterocycles. The number of hydrogen-bond donors (Lipinski definition) is 1. The van der Waals surface area contributed by atoms with Crippen LogP contribution in [0.25, 0.3) is 11.1 Å². The SMILES string of the molecule is FC(F)(F)c1ccc(-c2ccccc2)c(NCc2ccccc2)c1. The summed E-state index contributed by atoms with van der Waals surface area (Å²) in [6, 6.07) is 22.8. The lowest BCUT2D eigenvalue weighted by molar-refractivity contribution is -0.137. The van der Waals surface area contributed by atoms with Gasteiger partial charge in [-0.3, -0.25) is 0 Å². The molecule has 1 nitrogen and oxygen atoms in total. The predicted octanol–water partition coefficient (Wildman–Crippen LogP) is 5.98. The monoisotopic (exact) mass is 327 g/mol. The number of nitrogens with one attached hydrogen (secondary N) is 1. The summed E-state index contributed by atoms with van der Waals surface area (Å²) >= 11 is 0. The Labute approximate surface area is 138 Å². The van der Waals surface area contributed by atoms with E-state index in [0.717, 1.165) is 22.8 Å². The molecule has 0 fully saturated rings. The van der Waals surface area contributed by atoms with Crippen molar-refractivity contribution in [2.24, 2.45) is 0 Å². The summed E-state index contributed by atoms with van der Waals surface area (Å²) in [5, 5.41) is 3.14. The Balaban J connectivity index is 1.96. The van der Waals surface area contributed by atoms with E-state index in [1.165, 1.54) is 12.1 Å². The van der Waals surface area contributed by atoms with Gasteiger partial charge in [0.2, 0.25) is 0 Å². The second-order valence-electron chi connectivity index (χ2n) is 5.46. The molecule has 0 heterocycles. The summed E-state index contributed by atoms with van der Waals surface area (Å²) in [5.41, 5.74) is 2.45. The second-order valence-corrected chi connectivity index (χ2v) is 5.46. The first-order valence-corrected chi connectivity index (χ1v) is 7.58. The van der Waals surface area contributed by atoms with E-state index in [1.54, 1.807) is 0 Å². The molecule has 1 N–H and O–H groups in total. The highest BCUT2D eigenvalue weighted by atomic mass is 19.4. The first-order valence-electron chi connectivity index (χ1n) is 7.58. The van der Waals surface area contributed by atoms with E-state index in [4.69, 9.17) is 0 Å². The number of alkyl halides is 3. The summed E-state index contributed by atoms with van der Waals surface area (Å²) in [6.07, 6.45) is -4.36.